The summed E-state index contributed by atoms with van der Waals surface area (Å²) in [6.07, 6.45) is 2.91. The Morgan fingerprint density at radius 3 is 3.29 bits per heavy atom. The molecule has 1 fully saturated rings. The molecule has 1 aromatic heterocycles. The van der Waals surface area contributed by atoms with Crippen LogP contribution in [0.25, 0.3) is 0 Å². The lowest BCUT2D eigenvalue weighted by atomic mass is 10.2. The molecule has 1 saturated heterocycles. The third-order valence-electron chi connectivity index (χ3n) is 2.99. The maximum absolute atomic E-state index is 12.0. The van der Waals surface area contributed by atoms with Crippen molar-refractivity contribution in [3.8, 4) is 0 Å². The number of rotatable bonds is 5. The van der Waals surface area contributed by atoms with Gasteiger partial charge in [0.1, 0.15) is 5.69 Å². The van der Waals surface area contributed by atoms with E-state index in [2.05, 4.69) is 10.6 Å². The Kier molecular flexibility index (Phi) is 4.17. The Balaban J connectivity index is 1.95. The van der Waals surface area contributed by atoms with Gasteiger partial charge in [0, 0.05) is 32.4 Å². The lowest BCUT2D eigenvalue weighted by Crippen LogP contribution is -2.37. The van der Waals surface area contributed by atoms with E-state index in [0.29, 0.717) is 18.8 Å². The van der Waals surface area contributed by atoms with Crippen LogP contribution in [0.4, 0.5) is 0 Å². The normalized spacial score (nSPS) is 19.5. The summed E-state index contributed by atoms with van der Waals surface area (Å²) >= 11 is 0. The smallest absolute Gasteiger partial charge is 0.268 e. The molecule has 94 valence electrons. The maximum Gasteiger partial charge on any atom is 0.268 e. The molecule has 1 aromatic rings. The Morgan fingerprint density at radius 2 is 2.59 bits per heavy atom. The number of nitrogens with one attached hydrogen (secondary N) is 2. The molecule has 1 atom stereocenters. The van der Waals surface area contributed by atoms with Gasteiger partial charge < -0.3 is 19.9 Å². The average molecular weight is 237 g/mol. The van der Waals surface area contributed by atoms with Gasteiger partial charge in [0.05, 0.1) is 6.61 Å². The molecule has 2 heterocycles. The van der Waals surface area contributed by atoms with Gasteiger partial charge in [0.2, 0.25) is 0 Å². The minimum absolute atomic E-state index is 0.000182. The van der Waals surface area contributed by atoms with Gasteiger partial charge in [0.15, 0.2) is 0 Å². The molecule has 1 aliphatic heterocycles. The Labute approximate surface area is 101 Å². The lowest BCUT2D eigenvalue weighted by Gasteiger charge is -2.13. The number of methoxy groups -OCH3 is 1. The molecule has 0 saturated carbocycles. The van der Waals surface area contributed by atoms with Crippen LogP contribution in [-0.4, -0.2) is 43.3 Å². The SMILES string of the molecule is COCCn1cccc1C(=O)N[C@@H]1CCNC1. The van der Waals surface area contributed by atoms with E-state index in [1.165, 1.54) is 0 Å². The van der Waals surface area contributed by atoms with Crippen molar-refractivity contribution in [2.75, 3.05) is 26.8 Å². The molecule has 1 aliphatic rings. The fraction of sp³-hybridized carbons (Fsp3) is 0.583. The van der Waals surface area contributed by atoms with Gasteiger partial charge in [-0.2, -0.15) is 0 Å². The van der Waals surface area contributed by atoms with Gasteiger partial charge in [-0.15, -0.1) is 0 Å². The summed E-state index contributed by atoms with van der Waals surface area (Å²) < 4.78 is 6.94. The molecule has 0 radical (unpaired) electrons. The zero-order chi connectivity index (χ0) is 12.1. The minimum Gasteiger partial charge on any atom is -0.383 e. The molecule has 0 unspecified atom stereocenters. The standard InChI is InChI=1S/C12H19N3O2/c1-17-8-7-15-6-2-3-11(15)12(16)14-10-4-5-13-9-10/h2-3,6,10,13H,4-5,7-9H2,1H3,(H,14,16)/t10-/m1/s1. The molecule has 5 nitrogen and oxygen atoms in total. The molecule has 0 bridgehead atoms. The Morgan fingerprint density at radius 1 is 1.71 bits per heavy atom. The molecular formula is C12H19N3O2. The van der Waals surface area contributed by atoms with E-state index in [0.717, 1.165) is 19.5 Å². The van der Waals surface area contributed by atoms with Gasteiger partial charge in [-0.05, 0) is 25.1 Å². The molecule has 5 heteroatoms. The van der Waals surface area contributed by atoms with Crippen molar-refractivity contribution < 1.29 is 9.53 Å². The monoisotopic (exact) mass is 237 g/mol. The van der Waals surface area contributed by atoms with Crippen LogP contribution in [0.3, 0.4) is 0 Å². The number of carbonyl (C=O) groups is 1. The summed E-state index contributed by atoms with van der Waals surface area (Å²) in [7, 11) is 1.66. The largest absolute Gasteiger partial charge is 0.383 e. The van der Waals surface area contributed by atoms with E-state index in [9.17, 15) is 4.79 Å². The number of hydrogen-bond donors (Lipinski definition) is 2. The van der Waals surface area contributed by atoms with Gasteiger partial charge in [-0.1, -0.05) is 0 Å². The van der Waals surface area contributed by atoms with Crippen LogP contribution in [0.15, 0.2) is 18.3 Å². The van der Waals surface area contributed by atoms with E-state index >= 15 is 0 Å². The van der Waals surface area contributed by atoms with Crippen LogP contribution >= 0.6 is 0 Å². The molecule has 2 rings (SSSR count). The number of carbonyl (C=O) groups excluding carboxylic acids is 1. The first-order valence-corrected chi connectivity index (χ1v) is 5.97. The molecule has 2 N–H and O–H groups in total. The first kappa shape index (κ1) is 12.1. The number of hydrogen-bond acceptors (Lipinski definition) is 3. The van der Waals surface area contributed by atoms with E-state index < -0.39 is 0 Å². The summed E-state index contributed by atoms with van der Waals surface area (Å²) in [5.41, 5.74) is 0.703. The van der Waals surface area contributed by atoms with E-state index in [1.807, 2.05) is 22.9 Å². The molecule has 0 aromatic carbocycles. The third-order valence-corrected chi connectivity index (χ3v) is 2.99. The van der Waals surface area contributed by atoms with Crippen LogP contribution in [-0.2, 0) is 11.3 Å². The minimum atomic E-state index is -0.000182. The second-order valence-corrected chi connectivity index (χ2v) is 4.24. The molecule has 17 heavy (non-hydrogen) atoms. The zero-order valence-corrected chi connectivity index (χ0v) is 10.1. The van der Waals surface area contributed by atoms with Crippen LogP contribution in [0.5, 0.6) is 0 Å². The summed E-state index contributed by atoms with van der Waals surface area (Å²) in [6, 6.07) is 3.98. The Bertz CT molecular complexity index is 370. The second kappa shape index (κ2) is 5.84. The van der Waals surface area contributed by atoms with Crippen LogP contribution in [0.2, 0.25) is 0 Å². The average Bonchev–Trinajstić information content (AvgIpc) is 2.96. The molecular weight excluding hydrogens is 218 g/mol. The van der Waals surface area contributed by atoms with Crippen LogP contribution in [0.1, 0.15) is 16.9 Å². The van der Waals surface area contributed by atoms with Crippen LogP contribution in [0, 0.1) is 0 Å². The number of amides is 1. The Hall–Kier alpha value is -1.33. The molecule has 0 aliphatic carbocycles. The predicted octanol–water partition coefficient (Wildman–Crippen LogP) is 0.226. The maximum atomic E-state index is 12.0. The highest BCUT2D eigenvalue weighted by Gasteiger charge is 2.19. The van der Waals surface area contributed by atoms with Gasteiger partial charge >= 0.3 is 0 Å². The van der Waals surface area contributed by atoms with Gasteiger partial charge in [0.25, 0.3) is 5.91 Å². The summed E-state index contributed by atoms with van der Waals surface area (Å²) in [6.45, 7) is 3.16. The predicted molar refractivity (Wildman–Crippen MR) is 65.0 cm³/mol. The molecule has 0 spiro atoms. The number of ether oxygens (including phenoxy) is 1. The van der Waals surface area contributed by atoms with E-state index in [4.69, 9.17) is 4.74 Å². The van der Waals surface area contributed by atoms with E-state index in [-0.39, 0.29) is 11.9 Å². The highest BCUT2D eigenvalue weighted by molar-refractivity contribution is 5.93. The quantitative estimate of drug-likeness (QED) is 0.770. The van der Waals surface area contributed by atoms with Crippen molar-refractivity contribution in [2.45, 2.75) is 19.0 Å². The first-order chi connectivity index (χ1) is 8.31. The molecule has 1 amide bonds. The number of aromatic nitrogens is 1. The summed E-state index contributed by atoms with van der Waals surface area (Å²) in [5.74, 6) is -0.000182. The van der Waals surface area contributed by atoms with Crippen molar-refractivity contribution in [1.29, 1.82) is 0 Å². The second-order valence-electron chi connectivity index (χ2n) is 4.24. The summed E-state index contributed by atoms with van der Waals surface area (Å²) in [4.78, 5) is 12.0. The zero-order valence-electron chi connectivity index (χ0n) is 10.1. The highest BCUT2D eigenvalue weighted by Crippen LogP contribution is 2.05. The first-order valence-electron chi connectivity index (χ1n) is 5.97. The highest BCUT2D eigenvalue weighted by atomic mass is 16.5. The van der Waals surface area contributed by atoms with Crippen LogP contribution < -0.4 is 10.6 Å². The fourth-order valence-electron chi connectivity index (χ4n) is 2.04. The fourth-order valence-corrected chi connectivity index (χ4v) is 2.04. The van der Waals surface area contributed by atoms with Crippen molar-refractivity contribution >= 4 is 5.91 Å². The topological polar surface area (TPSA) is 55.3 Å². The van der Waals surface area contributed by atoms with Crippen molar-refractivity contribution in [1.82, 2.24) is 15.2 Å². The third kappa shape index (κ3) is 3.08. The van der Waals surface area contributed by atoms with Crippen molar-refractivity contribution in [3.05, 3.63) is 24.0 Å². The van der Waals surface area contributed by atoms with E-state index in [1.54, 1.807) is 7.11 Å². The lowest BCUT2D eigenvalue weighted by molar-refractivity contribution is 0.0928. The van der Waals surface area contributed by atoms with Gasteiger partial charge in [-0.3, -0.25) is 4.79 Å². The van der Waals surface area contributed by atoms with Gasteiger partial charge in [-0.25, -0.2) is 0 Å². The van der Waals surface area contributed by atoms with Crippen molar-refractivity contribution in [3.63, 3.8) is 0 Å². The number of nitrogens with zero attached hydrogens (tertiary/aromatic N) is 1. The van der Waals surface area contributed by atoms with Crippen molar-refractivity contribution in [2.24, 2.45) is 0 Å². The summed E-state index contributed by atoms with van der Waals surface area (Å²) in [5, 5.41) is 6.27.